The van der Waals surface area contributed by atoms with Gasteiger partial charge in [0.2, 0.25) is 5.91 Å². The van der Waals surface area contributed by atoms with E-state index in [4.69, 9.17) is 9.47 Å². The van der Waals surface area contributed by atoms with Crippen molar-refractivity contribution in [3.63, 3.8) is 0 Å². The number of aryl methyl sites for hydroxylation is 2. The number of nitrogens with one attached hydrogen (secondary N) is 1. The molecule has 0 bridgehead atoms. The number of rotatable bonds is 8. The van der Waals surface area contributed by atoms with Gasteiger partial charge in [-0.25, -0.2) is 12.8 Å². The average Bonchev–Trinajstić information content (AvgIpc) is 2.76. The van der Waals surface area contributed by atoms with Crippen LogP contribution in [0, 0.1) is 19.7 Å². The summed E-state index contributed by atoms with van der Waals surface area (Å²) >= 11 is 0. The van der Waals surface area contributed by atoms with E-state index in [0.717, 1.165) is 21.5 Å². The number of benzene rings is 3. The van der Waals surface area contributed by atoms with Gasteiger partial charge in [0, 0.05) is 11.8 Å². The lowest BCUT2D eigenvalue weighted by Gasteiger charge is -2.25. The van der Waals surface area contributed by atoms with Crippen molar-refractivity contribution in [2.75, 3.05) is 30.4 Å². The van der Waals surface area contributed by atoms with Gasteiger partial charge in [-0.05, 0) is 61.4 Å². The van der Waals surface area contributed by atoms with Gasteiger partial charge in [0.05, 0.1) is 24.8 Å². The van der Waals surface area contributed by atoms with E-state index in [1.807, 2.05) is 19.9 Å². The van der Waals surface area contributed by atoms with Gasteiger partial charge in [-0.15, -0.1) is 0 Å². The van der Waals surface area contributed by atoms with Crippen molar-refractivity contribution in [3.05, 3.63) is 77.6 Å². The summed E-state index contributed by atoms with van der Waals surface area (Å²) in [6, 6.07) is 14.9. The Morgan fingerprint density at radius 1 is 0.939 bits per heavy atom. The minimum absolute atomic E-state index is 0.178. The smallest absolute Gasteiger partial charge is 0.265 e. The molecule has 3 aromatic rings. The highest BCUT2D eigenvalue weighted by Crippen LogP contribution is 2.33. The molecule has 0 heterocycles. The largest absolute Gasteiger partial charge is 0.493 e. The van der Waals surface area contributed by atoms with Crippen molar-refractivity contribution < 1.29 is 27.1 Å². The van der Waals surface area contributed by atoms with Crippen LogP contribution in [0.25, 0.3) is 0 Å². The van der Waals surface area contributed by atoms with E-state index in [9.17, 15) is 17.6 Å². The lowest BCUT2D eigenvalue weighted by atomic mass is 10.1. The van der Waals surface area contributed by atoms with E-state index >= 15 is 0 Å². The van der Waals surface area contributed by atoms with Crippen LogP contribution in [0.15, 0.2) is 65.6 Å². The predicted molar refractivity (Wildman–Crippen MR) is 125 cm³/mol. The number of para-hydroxylation sites is 1. The van der Waals surface area contributed by atoms with Crippen LogP contribution in [0.3, 0.4) is 0 Å². The summed E-state index contributed by atoms with van der Waals surface area (Å²) < 4.78 is 52.8. The van der Waals surface area contributed by atoms with E-state index in [1.165, 1.54) is 50.6 Å². The molecule has 0 aliphatic rings. The van der Waals surface area contributed by atoms with Crippen LogP contribution in [0.4, 0.5) is 15.8 Å². The molecule has 0 atom stereocenters. The number of methoxy groups -OCH3 is 2. The zero-order valence-electron chi connectivity index (χ0n) is 18.8. The molecule has 1 amide bonds. The van der Waals surface area contributed by atoms with Crippen LogP contribution in [0.5, 0.6) is 11.5 Å². The van der Waals surface area contributed by atoms with Gasteiger partial charge in [0.1, 0.15) is 12.4 Å². The molecule has 0 aromatic heterocycles. The predicted octanol–water partition coefficient (Wildman–Crippen LogP) is 4.29. The molecule has 0 aliphatic heterocycles. The first-order chi connectivity index (χ1) is 15.6. The molecule has 0 saturated carbocycles. The fraction of sp³-hybridized carbons (Fsp3) is 0.208. The standard InChI is InChI=1S/C24H25FN2O5S/c1-16-11-17(2)13-18(12-16)26-24(28)15-27(21-8-6-5-7-20(21)25)33(29,30)19-9-10-22(31-3)23(14-19)32-4/h5-14H,15H2,1-4H3,(H,26,28). The third kappa shape index (κ3) is 5.43. The average molecular weight is 473 g/mol. The van der Waals surface area contributed by atoms with Crippen LogP contribution < -0.4 is 19.1 Å². The number of carbonyl (C=O) groups is 1. The van der Waals surface area contributed by atoms with E-state index in [1.54, 1.807) is 12.1 Å². The Morgan fingerprint density at radius 3 is 2.18 bits per heavy atom. The maximum Gasteiger partial charge on any atom is 0.265 e. The number of amides is 1. The molecule has 0 unspecified atom stereocenters. The van der Waals surface area contributed by atoms with Crippen molar-refractivity contribution in [1.82, 2.24) is 0 Å². The van der Waals surface area contributed by atoms with Crippen LogP contribution in [0.1, 0.15) is 11.1 Å². The molecule has 0 aliphatic carbocycles. The Hall–Kier alpha value is -3.59. The third-order valence-electron chi connectivity index (χ3n) is 4.86. The molecule has 7 nitrogen and oxygen atoms in total. The first-order valence-electron chi connectivity index (χ1n) is 10.0. The van der Waals surface area contributed by atoms with Crippen molar-refractivity contribution >= 4 is 27.3 Å². The van der Waals surface area contributed by atoms with Gasteiger partial charge in [-0.2, -0.15) is 0 Å². The van der Waals surface area contributed by atoms with Gasteiger partial charge in [0.25, 0.3) is 10.0 Å². The molecule has 0 radical (unpaired) electrons. The van der Waals surface area contributed by atoms with E-state index in [-0.39, 0.29) is 16.3 Å². The molecular formula is C24H25FN2O5S. The monoisotopic (exact) mass is 472 g/mol. The minimum atomic E-state index is -4.34. The van der Waals surface area contributed by atoms with Gasteiger partial charge in [-0.3, -0.25) is 9.10 Å². The summed E-state index contributed by atoms with van der Waals surface area (Å²) in [4.78, 5) is 12.7. The molecule has 3 aromatic carbocycles. The fourth-order valence-corrected chi connectivity index (χ4v) is 4.88. The number of halogens is 1. The van der Waals surface area contributed by atoms with Gasteiger partial charge in [0.15, 0.2) is 11.5 Å². The Bertz CT molecular complexity index is 1260. The summed E-state index contributed by atoms with van der Waals surface area (Å²) in [7, 11) is -1.54. The van der Waals surface area contributed by atoms with Gasteiger partial charge in [-0.1, -0.05) is 18.2 Å². The SMILES string of the molecule is COc1ccc(S(=O)(=O)N(CC(=O)Nc2cc(C)cc(C)c2)c2ccccc2F)cc1OC. The summed E-state index contributed by atoms with van der Waals surface area (Å²) in [6.45, 7) is 3.14. The second-order valence-corrected chi connectivity index (χ2v) is 9.27. The normalized spacial score (nSPS) is 11.1. The number of carbonyl (C=O) groups excluding carboxylic acids is 1. The summed E-state index contributed by atoms with van der Waals surface area (Å²) in [5, 5.41) is 2.70. The first kappa shape index (κ1) is 24.1. The molecule has 9 heteroatoms. The fourth-order valence-electron chi connectivity index (χ4n) is 3.44. The highest BCUT2D eigenvalue weighted by molar-refractivity contribution is 7.92. The summed E-state index contributed by atoms with van der Waals surface area (Å²) in [5.41, 5.74) is 2.15. The first-order valence-corrected chi connectivity index (χ1v) is 11.5. The summed E-state index contributed by atoms with van der Waals surface area (Å²) in [5.74, 6) is -0.874. The van der Waals surface area contributed by atoms with Gasteiger partial charge >= 0.3 is 0 Å². The topological polar surface area (TPSA) is 84.9 Å². The molecule has 0 spiro atoms. The van der Waals surface area contributed by atoms with E-state index < -0.39 is 28.3 Å². The zero-order valence-corrected chi connectivity index (χ0v) is 19.6. The Labute approximate surface area is 192 Å². The molecule has 33 heavy (non-hydrogen) atoms. The number of sulfonamides is 1. The van der Waals surface area contributed by atoms with Crippen molar-refractivity contribution in [1.29, 1.82) is 0 Å². The van der Waals surface area contributed by atoms with Crippen molar-refractivity contribution in [2.24, 2.45) is 0 Å². The molecule has 0 saturated heterocycles. The molecule has 174 valence electrons. The Balaban J connectivity index is 2.01. The third-order valence-corrected chi connectivity index (χ3v) is 6.61. The van der Waals surface area contributed by atoms with Crippen molar-refractivity contribution in [3.8, 4) is 11.5 Å². The molecule has 1 N–H and O–H groups in total. The highest BCUT2D eigenvalue weighted by Gasteiger charge is 2.30. The van der Waals surface area contributed by atoms with Crippen molar-refractivity contribution in [2.45, 2.75) is 18.7 Å². The number of anilines is 2. The number of nitrogens with zero attached hydrogens (tertiary/aromatic N) is 1. The van der Waals surface area contributed by atoms with Crippen LogP contribution in [0.2, 0.25) is 0 Å². The molecule has 0 fully saturated rings. The second-order valence-electron chi connectivity index (χ2n) is 7.40. The lowest BCUT2D eigenvalue weighted by molar-refractivity contribution is -0.114. The van der Waals surface area contributed by atoms with Crippen LogP contribution in [-0.4, -0.2) is 35.1 Å². The maximum absolute atomic E-state index is 14.7. The van der Waals surface area contributed by atoms with E-state index in [2.05, 4.69) is 5.32 Å². The van der Waals surface area contributed by atoms with Crippen LogP contribution >= 0.6 is 0 Å². The number of ether oxygens (including phenoxy) is 2. The maximum atomic E-state index is 14.7. The molecule has 3 rings (SSSR count). The minimum Gasteiger partial charge on any atom is -0.493 e. The zero-order chi connectivity index (χ0) is 24.2. The van der Waals surface area contributed by atoms with Crippen LogP contribution in [-0.2, 0) is 14.8 Å². The number of hydrogen-bond acceptors (Lipinski definition) is 5. The van der Waals surface area contributed by atoms with E-state index in [0.29, 0.717) is 11.4 Å². The molecular weight excluding hydrogens is 447 g/mol. The lowest BCUT2D eigenvalue weighted by Crippen LogP contribution is -2.38. The second kappa shape index (κ2) is 9.91. The highest BCUT2D eigenvalue weighted by atomic mass is 32.2. The summed E-state index contributed by atoms with van der Waals surface area (Å²) in [6.07, 6.45) is 0. The number of hydrogen-bond donors (Lipinski definition) is 1. The Kier molecular flexibility index (Phi) is 7.23. The quantitative estimate of drug-likeness (QED) is 0.529. The van der Waals surface area contributed by atoms with Gasteiger partial charge < -0.3 is 14.8 Å². The Morgan fingerprint density at radius 2 is 1.58 bits per heavy atom.